The predicted molar refractivity (Wildman–Crippen MR) is 45.0 cm³/mol. The molecule has 1 amide bonds. The third-order valence-corrected chi connectivity index (χ3v) is 1.60. The van der Waals surface area contributed by atoms with Crippen LogP contribution in [0, 0.1) is 5.92 Å². The summed E-state index contributed by atoms with van der Waals surface area (Å²) in [5.41, 5.74) is 11.1. The lowest BCUT2D eigenvalue weighted by Crippen LogP contribution is -2.24. The van der Waals surface area contributed by atoms with Gasteiger partial charge in [0.05, 0.1) is 24.3 Å². The third-order valence-electron chi connectivity index (χ3n) is 1.60. The summed E-state index contributed by atoms with van der Waals surface area (Å²) in [5.74, 6) is -0.548. The van der Waals surface area contributed by atoms with E-state index in [9.17, 15) is 4.79 Å². The van der Waals surface area contributed by atoms with Crippen molar-refractivity contribution in [3.63, 3.8) is 0 Å². The molecule has 0 spiro atoms. The quantitative estimate of drug-likeness (QED) is 0.643. The summed E-state index contributed by atoms with van der Waals surface area (Å²) < 4.78 is 1.60. The number of nitrogens with two attached hydrogens (primary N) is 2. The molecule has 1 unspecified atom stereocenters. The smallest absolute Gasteiger partial charge is 0.222 e. The highest BCUT2D eigenvalue weighted by Crippen LogP contribution is 2.02. The van der Waals surface area contributed by atoms with Crippen LogP contribution in [0.2, 0.25) is 0 Å². The number of nitrogens with zero attached hydrogens (tertiary/aromatic N) is 2. The zero-order valence-electron chi connectivity index (χ0n) is 6.90. The van der Waals surface area contributed by atoms with Crippen molar-refractivity contribution in [2.45, 2.75) is 13.5 Å². The maximum Gasteiger partial charge on any atom is 0.222 e. The van der Waals surface area contributed by atoms with Crippen LogP contribution >= 0.6 is 0 Å². The molecule has 1 heterocycles. The van der Waals surface area contributed by atoms with Gasteiger partial charge in [-0.15, -0.1) is 0 Å². The summed E-state index contributed by atoms with van der Waals surface area (Å²) in [7, 11) is 0. The molecule has 0 aliphatic carbocycles. The zero-order chi connectivity index (χ0) is 9.14. The number of primary amides is 1. The van der Waals surface area contributed by atoms with Crippen molar-refractivity contribution in [1.29, 1.82) is 0 Å². The molecule has 5 nitrogen and oxygen atoms in total. The first-order valence-electron chi connectivity index (χ1n) is 3.67. The largest absolute Gasteiger partial charge is 0.396 e. The van der Waals surface area contributed by atoms with Gasteiger partial charge in [0, 0.05) is 6.20 Å². The molecule has 0 saturated carbocycles. The second kappa shape index (κ2) is 3.25. The molecule has 0 bridgehead atoms. The number of hydrogen-bond donors (Lipinski definition) is 2. The molecule has 1 rings (SSSR count). The van der Waals surface area contributed by atoms with Gasteiger partial charge in [0.25, 0.3) is 0 Å². The number of rotatable bonds is 3. The van der Waals surface area contributed by atoms with E-state index in [-0.39, 0.29) is 11.8 Å². The molecule has 0 radical (unpaired) electrons. The maximum absolute atomic E-state index is 10.7. The standard InChI is InChI=1S/C7H12N4O/c1-5(7(9)12)3-11-4-6(8)2-10-11/h2,4-5H,3,8H2,1H3,(H2,9,12). The molecule has 5 heteroatoms. The highest BCUT2D eigenvalue weighted by atomic mass is 16.1. The minimum absolute atomic E-state index is 0.218. The van der Waals surface area contributed by atoms with Crippen LogP contribution in [0.3, 0.4) is 0 Å². The van der Waals surface area contributed by atoms with Gasteiger partial charge in [0.2, 0.25) is 5.91 Å². The Kier molecular flexibility index (Phi) is 2.32. The van der Waals surface area contributed by atoms with Gasteiger partial charge in [-0.1, -0.05) is 6.92 Å². The number of anilines is 1. The van der Waals surface area contributed by atoms with Crippen molar-refractivity contribution in [3.8, 4) is 0 Å². The van der Waals surface area contributed by atoms with Crippen LogP contribution in [0.5, 0.6) is 0 Å². The lowest BCUT2D eigenvalue weighted by atomic mass is 10.2. The summed E-state index contributed by atoms with van der Waals surface area (Å²) in [4.78, 5) is 10.7. The second-order valence-electron chi connectivity index (χ2n) is 2.80. The SMILES string of the molecule is CC(Cn1cc(N)cn1)C(N)=O. The molecule has 1 aromatic rings. The molecule has 1 atom stereocenters. The summed E-state index contributed by atoms with van der Waals surface area (Å²) in [6, 6.07) is 0. The van der Waals surface area contributed by atoms with E-state index in [4.69, 9.17) is 11.5 Å². The van der Waals surface area contributed by atoms with Crippen LogP contribution in [0.4, 0.5) is 5.69 Å². The summed E-state index contributed by atoms with van der Waals surface area (Å²) in [6.07, 6.45) is 3.20. The fourth-order valence-corrected chi connectivity index (χ4v) is 0.850. The van der Waals surface area contributed by atoms with E-state index in [1.54, 1.807) is 17.8 Å². The van der Waals surface area contributed by atoms with E-state index in [0.717, 1.165) is 0 Å². The number of hydrogen-bond acceptors (Lipinski definition) is 3. The molecular formula is C7H12N4O. The van der Waals surface area contributed by atoms with E-state index < -0.39 is 0 Å². The van der Waals surface area contributed by atoms with Crippen molar-refractivity contribution in [2.24, 2.45) is 11.7 Å². The monoisotopic (exact) mass is 168 g/mol. The summed E-state index contributed by atoms with van der Waals surface area (Å²) >= 11 is 0. The fraction of sp³-hybridized carbons (Fsp3) is 0.429. The van der Waals surface area contributed by atoms with E-state index >= 15 is 0 Å². The highest BCUT2D eigenvalue weighted by molar-refractivity contribution is 5.76. The van der Waals surface area contributed by atoms with Gasteiger partial charge in [-0.2, -0.15) is 5.10 Å². The summed E-state index contributed by atoms with van der Waals surface area (Å²) in [5, 5.41) is 3.92. The molecule has 0 aromatic carbocycles. The van der Waals surface area contributed by atoms with Crippen molar-refractivity contribution in [3.05, 3.63) is 12.4 Å². The van der Waals surface area contributed by atoms with Gasteiger partial charge in [0.1, 0.15) is 0 Å². The van der Waals surface area contributed by atoms with Crippen molar-refractivity contribution < 1.29 is 4.79 Å². The third kappa shape index (κ3) is 1.98. The number of amides is 1. The Labute approximate surface area is 70.3 Å². The Hall–Kier alpha value is -1.52. The lowest BCUT2D eigenvalue weighted by Gasteiger charge is -2.05. The normalized spacial score (nSPS) is 12.8. The molecule has 0 saturated heterocycles. The van der Waals surface area contributed by atoms with Crippen LogP contribution in [-0.2, 0) is 11.3 Å². The van der Waals surface area contributed by atoms with Crippen LogP contribution < -0.4 is 11.5 Å². The van der Waals surface area contributed by atoms with Gasteiger partial charge in [0.15, 0.2) is 0 Å². The first kappa shape index (κ1) is 8.58. The lowest BCUT2D eigenvalue weighted by molar-refractivity contribution is -0.121. The van der Waals surface area contributed by atoms with Crippen LogP contribution in [0.15, 0.2) is 12.4 Å². The first-order valence-corrected chi connectivity index (χ1v) is 3.67. The van der Waals surface area contributed by atoms with Gasteiger partial charge in [-0.3, -0.25) is 9.48 Å². The van der Waals surface area contributed by atoms with Gasteiger partial charge < -0.3 is 11.5 Å². The molecule has 12 heavy (non-hydrogen) atoms. The number of carbonyl (C=O) groups excluding carboxylic acids is 1. The Morgan fingerprint density at radius 2 is 2.50 bits per heavy atom. The molecule has 0 aliphatic heterocycles. The Balaban J connectivity index is 2.58. The van der Waals surface area contributed by atoms with Gasteiger partial charge in [-0.05, 0) is 0 Å². The summed E-state index contributed by atoms with van der Waals surface area (Å²) in [6.45, 7) is 2.23. The Bertz CT molecular complexity index is 281. The minimum Gasteiger partial charge on any atom is -0.396 e. The fourth-order valence-electron chi connectivity index (χ4n) is 0.850. The average Bonchev–Trinajstić information content (AvgIpc) is 2.35. The topological polar surface area (TPSA) is 86.9 Å². The van der Waals surface area contributed by atoms with Crippen LogP contribution in [0.25, 0.3) is 0 Å². The van der Waals surface area contributed by atoms with Gasteiger partial charge >= 0.3 is 0 Å². The van der Waals surface area contributed by atoms with Crippen molar-refractivity contribution in [2.75, 3.05) is 5.73 Å². The van der Waals surface area contributed by atoms with Gasteiger partial charge in [-0.25, -0.2) is 0 Å². The number of nitrogen functional groups attached to an aromatic ring is 1. The highest BCUT2D eigenvalue weighted by Gasteiger charge is 2.09. The average molecular weight is 168 g/mol. The molecular weight excluding hydrogens is 156 g/mol. The zero-order valence-corrected chi connectivity index (χ0v) is 6.90. The molecule has 0 fully saturated rings. The van der Waals surface area contributed by atoms with E-state index in [2.05, 4.69) is 5.10 Å². The molecule has 1 aromatic heterocycles. The molecule has 66 valence electrons. The number of carbonyl (C=O) groups is 1. The molecule has 0 aliphatic rings. The minimum atomic E-state index is -0.330. The Morgan fingerprint density at radius 1 is 1.83 bits per heavy atom. The molecule has 4 N–H and O–H groups in total. The van der Waals surface area contributed by atoms with E-state index in [1.807, 2.05) is 0 Å². The van der Waals surface area contributed by atoms with E-state index in [0.29, 0.717) is 12.2 Å². The van der Waals surface area contributed by atoms with E-state index in [1.165, 1.54) is 6.20 Å². The Morgan fingerprint density at radius 3 is 2.92 bits per heavy atom. The predicted octanol–water partition coefficient (Wildman–Crippen LogP) is -0.413. The van der Waals surface area contributed by atoms with Crippen LogP contribution in [-0.4, -0.2) is 15.7 Å². The maximum atomic E-state index is 10.7. The first-order chi connectivity index (χ1) is 5.59. The second-order valence-corrected chi connectivity index (χ2v) is 2.80. The van der Waals surface area contributed by atoms with Crippen LogP contribution in [0.1, 0.15) is 6.92 Å². The number of aromatic nitrogens is 2. The van der Waals surface area contributed by atoms with Crippen molar-refractivity contribution in [1.82, 2.24) is 9.78 Å². The van der Waals surface area contributed by atoms with Crippen molar-refractivity contribution >= 4 is 11.6 Å².